The first-order valence-electron chi connectivity index (χ1n) is 7.79. The molecule has 1 saturated heterocycles. The van der Waals surface area contributed by atoms with E-state index in [2.05, 4.69) is 5.10 Å². The molecule has 8 heteroatoms. The van der Waals surface area contributed by atoms with Gasteiger partial charge in [0.05, 0.1) is 11.8 Å². The van der Waals surface area contributed by atoms with Crippen molar-refractivity contribution >= 4 is 5.91 Å². The molecular formula is C15H23F3N4O. The maximum absolute atomic E-state index is 13.3. The van der Waals surface area contributed by atoms with Crippen molar-refractivity contribution in [1.29, 1.82) is 0 Å². The van der Waals surface area contributed by atoms with Crippen LogP contribution in [0.2, 0.25) is 0 Å². The van der Waals surface area contributed by atoms with Crippen molar-refractivity contribution in [2.45, 2.75) is 39.0 Å². The van der Waals surface area contributed by atoms with E-state index in [1.54, 1.807) is 6.92 Å². The number of halogens is 3. The Morgan fingerprint density at radius 2 is 2.00 bits per heavy atom. The van der Waals surface area contributed by atoms with Gasteiger partial charge in [-0.2, -0.15) is 18.3 Å². The molecule has 130 valence electrons. The third-order valence-corrected chi connectivity index (χ3v) is 4.52. The lowest BCUT2D eigenvalue weighted by Crippen LogP contribution is -2.36. The molecule has 0 N–H and O–H groups in total. The predicted molar refractivity (Wildman–Crippen MR) is 80.1 cm³/mol. The fourth-order valence-electron chi connectivity index (χ4n) is 3.26. The van der Waals surface area contributed by atoms with Gasteiger partial charge in [-0.15, -0.1) is 0 Å². The fraction of sp³-hybridized carbons (Fsp3) is 0.733. The number of amides is 1. The number of hydrogen-bond donors (Lipinski definition) is 0. The second-order valence-electron chi connectivity index (χ2n) is 6.13. The highest BCUT2D eigenvalue weighted by atomic mass is 19.4. The highest BCUT2D eigenvalue weighted by Gasteiger charge is 2.43. The standard InChI is InChI=1S/C15H23F3N4O/c1-5-10-8-21(9-12(10)20(3)4)14(23)11-7-19-22(6-2)13(11)15(16,17)18/h7,10,12H,5-6,8-9H2,1-4H3/t10-,12-/m0/s1. The lowest BCUT2D eigenvalue weighted by atomic mass is 10.0. The number of aryl methyl sites for hydroxylation is 1. The van der Waals surface area contributed by atoms with Crippen LogP contribution in [-0.2, 0) is 12.7 Å². The number of rotatable bonds is 4. The molecular weight excluding hydrogens is 309 g/mol. The molecule has 1 aliphatic heterocycles. The van der Waals surface area contributed by atoms with Gasteiger partial charge in [0.1, 0.15) is 0 Å². The molecule has 23 heavy (non-hydrogen) atoms. The molecule has 1 fully saturated rings. The number of alkyl halides is 3. The van der Waals surface area contributed by atoms with Gasteiger partial charge in [0.2, 0.25) is 0 Å². The number of hydrogen-bond acceptors (Lipinski definition) is 3. The summed E-state index contributed by atoms with van der Waals surface area (Å²) in [6, 6.07) is 0.166. The normalized spacial score (nSPS) is 22.2. The summed E-state index contributed by atoms with van der Waals surface area (Å²) in [7, 11) is 3.86. The minimum absolute atomic E-state index is 0.0695. The van der Waals surface area contributed by atoms with Crippen LogP contribution in [0.1, 0.15) is 36.3 Å². The van der Waals surface area contributed by atoms with Crippen LogP contribution in [0.25, 0.3) is 0 Å². The van der Waals surface area contributed by atoms with Crippen molar-refractivity contribution in [3.8, 4) is 0 Å². The summed E-state index contributed by atoms with van der Waals surface area (Å²) in [4.78, 5) is 16.2. The molecule has 2 rings (SSSR count). The Morgan fingerprint density at radius 3 is 2.43 bits per heavy atom. The Balaban J connectivity index is 2.30. The highest BCUT2D eigenvalue weighted by molar-refractivity contribution is 5.95. The maximum atomic E-state index is 13.3. The topological polar surface area (TPSA) is 41.4 Å². The summed E-state index contributed by atoms with van der Waals surface area (Å²) in [5, 5.41) is 3.73. The van der Waals surface area contributed by atoms with E-state index in [9.17, 15) is 18.0 Å². The van der Waals surface area contributed by atoms with E-state index in [0.717, 1.165) is 17.3 Å². The van der Waals surface area contributed by atoms with Gasteiger partial charge in [0.15, 0.2) is 5.69 Å². The molecule has 1 amide bonds. The smallest absolute Gasteiger partial charge is 0.337 e. The zero-order chi connectivity index (χ0) is 17.4. The minimum Gasteiger partial charge on any atom is -0.337 e. The molecule has 2 atom stereocenters. The van der Waals surface area contributed by atoms with Gasteiger partial charge in [0, 0.05) is 25.7 Å². The highest BCUT2D eigenvalue weighted by Crippen LogP contribution is 2.33. The van der Waals surface area contributed by atoms with Gasteiger partial charge in [-0.1, -0.05) is 13.3 Å². The zero-order valence-electron chi connectivity index (χ0n) is 13.9. The van der Waals surface area contributed by atoms with Gasteiger partial charge in [0.25, 0.3) is 5.91 Å². The van der Waals surface area contributed by atoms with E-state index in [0.29, 0.717) is 13.1 Å². The van der Waals surface area contributed by atoms with Crippen LogP contribution in [0, 0.1) is 5.92 Å². The number of carbonyl (C=O) groups excluding carboxylic acids is 1. The third kappa shape index (κ3) is 3.36. The number of likely N-dealkylation sites (N-methyl/N-ethyl adjacent to an activating group) is 1. The number of aromatic nitrogens is 2. The molecule has 1 aromatic heterocycles. The van der Waals surface area contributed by atoms with Crippen LogP contribution in [0.5, 0.6) is 0 Å². The first-order chi connectivity index (χ1) is 10.7. The average Bonchev–Trinajstić information content (AvgIpc) is 3.09. The van der Waals surface area contributed by atoms with Crippen molar-refractivity contribution in [3.05, 3.63) is 17.5 Å². The van der Waals surface area contributed by atoms with Crippen molar-refractivity contribution in [2.24, 2.45) is 5.92 Å². The average molecular weight is 332 g/mol. The summed E-state index contributed by atoms with van der Waals surface area (Å²) in [5.41, 5.74) is -1.31. The number of likely N-dealkylation sites (tertiary alicyclic amines) is 1. The molecule has 1 aliphatic rings. The Hall–Kier alpha value is -1.57. The van der Waals surface area contributed by atoms with E-state index in [1.807, 2.05) is 25.9 Å². The minimum atomic E-state index is -4.59. The molecule has 0 aliphatic carbocycles. The zero-order valence-corrected chi connectivity index (χ0v) is 13.9. The fourth-order valence-corrected chi connectivity index (χ4v) is 3.26. The van der Waals surface area contributed by atoms with Crippen LogP contribution in [0.4, 0.5) is 13.2 Å². The van der Waals surface area contributed by atoms with Gasteiger partial charge in [-0.05, 0) is 26.9 Å². The summed E-state index contributed by atoms with van der Waals surface area (Å²) in [6.07, 6.45) is -2.67. The van der Waals surface area contributed by atoms with Crippen molar-refractivity contribution in [2.75, 3.05) is 27.2 Å². The molecule has 0 aromatic carbocycles. The van der Waals surface area contributed by atoms with Crippen molar-refractivity contribution in [3.63, 3.8) is 0 Å². The molecule has 2 heterocycles. The van der Waals surface area contributed by atoms with E-state index < -0.39 is 17.8 Å². The molecule has 0 saturated carbocycles. The van der Waals surface area contributed by atoms with E-state index in [1.165, 1.54) is 4.90 Å². The predicted octanol–water partition coefficient (Wildman–Crippen LogP) is 2.33. The number of carbonyl (C=O) groups is 1. The molecule has 1 aromatic rings. The summed E-state index contributed by atoms with van der Waals surface area (Å²) >= 11 is 0. The Morgan fingerprint density at radius 1 is 1.35 bits per heavy atom. The van der Waals surface area contributed by atoms with Crippen LogP contribution >= 0.6 is 0 Å². The van der Waals surface area contributed by atoms with E-state index in [4.69, 9.17) is 0 Å². The molecule has 0 unspecified atom stereocenters. The van der Waals surface area contributed by atoms with Crippen LogP contribution in [0.3, 0.4) is 0 Å². The van der Waals surface area contributed by atoms with Gasteiger partial charge < -0.3 is 9.80 Å². The van der Waals surface area contributed by atoms with E-state index in [-0.39, 0.29) is 24.1 Å². The first-order valence-corrected chi connectivity index (χ1v) is 7.79. The van der Waals surface area contributed by atoms with Crippen LogP contribution in [-0.4, -0.2) is 58.7 Å². The van der Waals surface area contributed by atoms with Gasteiger partial charge >= 0.3 is 6.18 Å². The molecule has 0 spiro atoms. The van der Waals surface area contributed by atoms with E-state index >= 15 is 0 Å². The lowest BCUT2D eigenvalue weighted by molar-refractivity contribution is -0.144. The van der Waals surface area contributed by atoms with Crippen LogP contribution in [0.15, 0.2) is 6.20 Å². The van der Waals surface area contributed by atoms with Crippen LogP contribution < -0.4 is 0 Å². The third-order valence-electron chi connectivity index (χ3n) is 4.52. The van der Waals surface area contributed by atoms with Crippen molar-refractivity contribution in [1.82, 2.24) is 19.6 Å². The quantitative estimate of drug-likeness (QED) is 0.850. The number of nitrogens with zero attached hydrogens (tertiary/aromatic N) is 4. The molecule has 0 bridgehead atoms. The second-order valence-corrected chi connectivity index (χ2v) is 6.13. The second kappa shape index (κ2) is 6.51. The maximum Gasteiger partial charge on any atom is 0.433 e. The summed E-state index contributed by atoms with van der Waals surface area (Å²) in [6.45, 7) is 4.60. The summed E-state index contributed by atoms with van der Waals surface area (Å²) in [5.74, 6) is -0.315. The molecule has 0 radical (unpaired) electrons. The summed E-state index contributed by atoms with van der Waals surface area (Å²) < 4.78 is 40.7. The Labute approximate surface area is 134 Å². The first kappa shape index (κ1) is 17.8. The van der Waals surface area contributed by atoms with Crippen molar-refractivity contribution < 1.29 is 18.0 Å². The largest absolute Gasteiger partial charge is 0.433 e. The van der Waals surface area contributed by atoms with Gasteiger partial charge in [-0.3, -0.25) is 9.48 Å². The lowest BCUT2D eigenvalue weighted by Gasteiger charge is -2.23. The Kier molecular flexibility index (Phi) is 5.03. The molecule has 5 nitrogen and oxygen atoms in total. The monoisotopic (exact) mass is 332 g/mol. The van der Waals surface area contributed by atoms with Gasteiger partial charge in [-0.25, -0.2) is 0 Å². The SMILES string of the molecule is CC[C@H]1CN(C(=O)c2cnn(CC)c2C(F)(F)F)C[C@@H]1N(C)C. The Bertz CT molecular complexity index is 568.